The van der Waals surface area contributed by atoms with E-state index >= 15 is 0 Å². The van der Waals surface area contributed by atoms with Gasteiger partial charge in [0.2, 0.25) is 11.8 Å². The van der Waals surface area contributed by atoms with Gasteiger partial charge in [-0.15, -0.1) is 0 Å². The molecule has 0 aliphatic carbocycles. The largest absolute Gasteiger partial charge is 0.453 e. The lowest BCUT2D eigenvalue weighted by Gasteiger charge is -2.35. The predicted molar refractivity (Wildman–Crippen MR) is 88.3 cm³/mol. The summed E-state index contributed by atoms with van der Waals surface area (Å²) in [5.41, 5.74) is 0.954. The van der Waals surface area contributed by atoms with Crippen LogP contribution in [0.2, 0.25) is 0 Å². The molecule has 25 heavy (non-hydrogen) atoms. The van der Waals surface area contributed by atoms with E-state index in [0.29, 0.717) is 39.3 Å². The molecule has 8 heteroatoms. The molecular formula is C17H22N4O4. The summed E-state index contributed by atoms with van der Waals surface area (Å²) in [6, 6.07) is 3.75. The summed E-state index contributed by atoms with van der Waals surface area (Å²) in [6.45, 7) is 2.77. The minimum atomic E-state index is -0.370. The summed E-state index contributed by atoms with van der Waals surface area (Å²) in [6.07, 6.45) is 3.30. The molecule has 2 saturated heterocycles. The number of carbonyl (C=O) groups excluding carboxylic acids is 3. The summed E-state index contributed by atoms with van der Waals surface area (Å²) in [5.74, 6) is -0.323. The van der Waals surface area contributed by atoms with E-state index in [2.05, 4.69) is 4.98 Å². The molecule has 2 fully saturated rings. The zero-order valence-electron chi connectivity index (χ0n) is 14.3. The first-order chi connectivity index (χ1) is 12.1. The maximum atomic E-state index is 12.7. The molecule has 3 amide bonds. The first kappa shape index (κ1) is 17.2. The fourth-order valence-electron chi connectivity index (χ4n) is 3.30. The van der Waals surface area contributed by atoms with Crippen LogP contribution in [0.5, 0.6) is 0 Å². The van der Waals surface area contributed by atoms with Gasteiger partial charge in [0, 0.05) is 58.1 Å². The Morgan fingerprint density at radius 1 is 1.24 bits per heavy atom. The average Bonchev–Trinajstić information content (AvgIpc) is 3.02. The Morgan fingerprint density at radius 2 is 1.96 bits per heavy atom. The van der Waals surface area contributed by atoms with Gasteiger partial charge >= 0.3 is 6.09 Å². The number of carbonyl (C=O) groups is 3. The Hall–Kier alpha value is -2.64. The Bertz CT molecular complexity index is 643. The molecule has 2 aliphatic heterocycles. The van der Waals surface area contributed by atoms with Crippen LogP contribution in [0.3, 0.4) is 0 Å². The molecule has 0 bridgehead atoms. The number of aromatic nitrogens is 1. The highest BCUT2D eigenvalue weighted by molar-refractivity contribution is 5.89. The van der Waals surface area contributed by atoms with Crippen molar-refractivity contribution in [3.05, 3.63) is 30.1 Å². The van der Waals surface area contributed by atoms with Crippen molar-refractivity contribution in [2.45, 2.75) is 13.0 Å². The van der Waals surface area contributed by atoms with Crippen molar-refractivity contribution in [1.82, 2.24) is 19.7 Å². The Kier molecular flexibility index (Phi) is 5.16. The van der Waals surface area contributed by atoms with Crippen LogP contribution >= 0.6 is 0 Å². The second-order valence-electron chi connectivity index (χ2n) is 6.32. The van der Waals surface area contributed by atoms with Crippen LogP contribution in [0.1, 0.15) is 12.0 Å². The van der Waals surface area contributed by atoms with E-state index < -0.39 is 0 Å². The molecule has 0 radical (unpaired) electrons. The van der Waals surface area contributed by atoms with Crippen molar-refractivity contribution in [1.29, 1.82) is 0 Å². The smallest absolute Gasteiger partial charge is 0.409 e. The maximum Gasteiger partial charge on any atom is 0.409 e. The van der Waals surface area contributed by atoms with Gasteiger partial charge in [-0.05, 0) is 11.6 Å². The fourth-order valence-corrected chi connectivity index (χ4v) is 3.30. The predicted octanol–water partition coefficient (Wildman–Crippen LogP) is 0.341. The zero-order valence-corrected chi connectivity index (χ0v) is 14.3. The van der Waals surface area contributed by atoms with Crippen LogP contribution in [-0.4, -0.2) is 77.4 Å². The third-order valence-corrected chi connectivity index (χ3v) is 4.68. The van der Waals surface area contributed by atoms with E-state index in [1.165, 1.54) is 7.11 Å². The Balaban J connectivity index is 1.54. The number of nitrogens with zero attached hydrogens (tertiary/aromatic N) is 4. The zero-order chi connectivity index (χ0) is 17.8. The lowest BCUT2D eigenvalue weighted by molar-refractivity contribution is -0.137. The van der Waals surface area contributed by atoms with Gasteiger partial charge in [0.15, 0.2) is 0 Å². The van der Waals surface area contributed by atoms with Crippen LogP contribution in [0, 0.1) is 5.92 Å². The Labute approximate surface area is 146 Å². The number of pyridine rings is 1. The summed E-state index contributed by atoms with van der Waals surface area (Å²) in [4.78, 5) is 45.5. The molecule has 2 aliphatic rings. The highest BCUT2D eigenvalue weighted by atomic mass is 16.5. The van der Waals surface area contributed by atoms with Crippen molar-refractivity contribution in [2.24, 2.45) is 5.92 Å². The van der Waals surface area contributed by atoms with Gasteiger partial charge in [-0.3, -0.25) is 14.6 Å². The first-order valence-electron chi connectivity index (χ1n) is 8.37. The first-order valence-corrected chi connectivity index (χ1v) is 8.37. The van der Waals surface area contributed by atoms with E-state index in [-0.39, 0.29) is 30.2 Å². The average molecular weight is 346 g/mol. The van der Waals surface area contributed by atoms with Gasteiger partial charge < -0.3 is 19.4 Å². The van der Waals surface area contributed by atoms with Gasteiger partial charge in [0.05, 0.1) is 13.0 Å². The number of piperazine rings is 1. The topological polar surface area (TPSA) is 83.0 Å². The minimum Gasteiger partial charge on any atom is -0.453 e. The molecule has 0 saturated carbocycles. The standard InChI is InChI=1S/C17H22N4O4/c1-25-17(24)20-7-5-19(6-8-20)16(23)14-9-15(22)21(12-14)11-13-3-2-4-18-10-13/h2-4,10,14H,5-9,11-12H2,1H3. The summed E-state index contributed by atoms with van der Waals surface area (Å²) >= 11 is 0. The van der Waals surface area contributed by atoms with Crippen LogP contribution in [0.25, 0.3) is 0 Å². The molecule has 0 aromatic carbocycles. The van der Waals surface area contributed by atoms with Crippen molar-refractivity contribution in [2.75, 3.05) is 39.8 Å². The molecule has 1 aromatic heterocycles. The summed E-state index contributed by atoms with van der Waals surface area (Å²) in [7, 11) is 1.35. The molecule has 1 unspecified atom stereocenters. The molecule has 1 aromatic rings. The molecule has 0 N–H and O–H groups in total. The number of amides is 3. The lowest BCUT2D eigenvalue weighted by Crippen LogP contribution is -2.52. The van der Waals surface area contributed by atoms with Crippen LogP contribution < -0.4 is 0 Å². The highest BCUT2D eigenvalue weighted by Gasteiger charge is 2.37. The summed E-state index contributed by atoms with van der Waals surface area (Å²) in [5, 5.41) is 0. The molecule has 134 valence electrons. The molecule has 1 atom stereocenters. The quantitative estimate of drug-likeness (QED) is 0.788. The number of methoxy groups -OCH3 is 1. The molecular weight excluding hydrogens is 324 g/mol. The van der Waals surface area contributed by atoms with Gasteiger partial charge in [0.1, 0.15) is 0 Å². The monoisotopic (exact) mass is 346 g/mol. The maximum absolute atomic E-state index is 12.7. The SMILES string of the molecule is COC(=O)N1CCN(C(=O)C2CC(=O)N(Cc3cccnc3)C2)CC1. The number of hydrogen-bond donors (Lipinski definition) is 0. The van der Waals surface area contributed by atoms with Gasteiger partial charge in [0.25, 0.3) is 0 Å². The van der Waals surface area contributed by atoms with E-state index in [1.54, 1.807) is 27.1 Å². The second-order valence-corrected chi connectivity index (χ2v) is 6.32. The molecule has 3 heterocycles. The van der Waals surface area contributed by atoms with Crippen molar-refractivity contribution < 1.29 is 19.1 Å². The van der Waals surface area contributed by atoms with Crippen LogP contribution in [-0.2, 0) is 20.9 Å². The fraction of sp³-hybridized carbons (Fsp3) is 0.529. The van der Waals surface area contributed by atoms with E-state index in [4.69, 9.17) is 4.74 Å². The van der Waals surface area contributed by atoms with Gasteiger partial charge in [-0.25, -0.2) is 4.79 Å². The number of hydrogen-bond acceptors (Lipinski definition) is 5. The molecule has 0 spiro atoms. The normalized spacial score (nSPS) is 20.8. The highest BCUT2D eigenvalue weighted by Crippen LogP contribution is 2.22. The molecule has 3 rings (SSSR count). The van der Waals surface area contributed by atoms with Crippen LogP contribution in [0.4, 0.5) is 4.79 Å². The number of rotatable bonds is 3. The second kappa shape index (κ2) is 7.50. The van der Waals surface area contributed by atoms with Crippen molar-refractivity contribution in [3.8, 4) is 0 Å². The Morgan fingerprint density at radius 3 is 2.60 bits per heavy atom. The number of ether oxygens (including phenoxy) is 1. The van der Waals surface area contributed by atoms with Gasteiger partial charge in [-0.2, -0.15) is 0 Å². The third-order valence-electron chi connectivity index (χ3n) is 4.68. The summed E-state index contributed by atoms with van der Waals surface area (Å²) < 4.78 is 4.70. The van der Waals surface area contributed by atoms with Crippen LogP contribution in [0.15, 0.2) is 24.5 Å². The minimum absolute atomic E-state index is 0.00426. The third kappa shape index (κ3) is 3.89. The van der Waals surface area contributed by atoms with E-state index in [9.17, 15) is 14.4 Å². The van der Waals surface area contributed by atoms with Crippen molar-refractivity contribution in [3.63, 3.8) is 0 Å². The van der Waals surface area contributed by atoms with Gasteiger partial charge in [-0.1, -0.05) is 6.07 Å². The van der Waals surface area contributed by atoms with E-state index in [0.717, 1.165) is 5.56 Å². The number of likely N-dealkylation sites (tertiary alicyclic amines) is 1. The van der Waals surface area contributed by atoms with Crippen molar-refractivity contribution >= 4 is 17.9 Å². The van der Waals surface area contributed by atoms with E-state index in [1.807, 2.05) is 12.1 Å². The lowest BCUT2D eigenvalue weighted by atomic mass is 10.1. The molecule has 8 nitrogen and oxygen atoms in total.